The molecule has 0 heterocycles. The number of carboxylic acids is 2. The zero-order valence-electron chi connectivity index (χ0n) is 11.6. The standard InChI is InChI=1S/C15H12N2O5/c1-22-13-7-6-11(8-12(13)15(20)21)17-16-10-4-2-9(3-5-10)14(18)19/h2-8H,1H3,(H,18,19)(H,20,21). The van der Waals surface area contributed by atoms with Crippen molar-refractivity contribution in [3.8, 4) is 5.75 Å². The number of carbonyl (C=O) groups is 2. The van der Waals surface area contributed by atoms with Gasteiger partial charge in [0, 0.05) is 0 Å². The molecule has 0 fully saturated rings. The van der Waals surface area contributed by atoms with E-state index >= 15 is 0 Å². The Morgan fingerprint density at radius 1 is 0.909 bits per heavy atom. The third kappa shape index (κ3) is 3.45. The van der Waals surface area contributed by atoms with Gasteiger partial charge < -0.3 is 14.9 Å². The minimum atomic E-state index is -1.13. The number of azo groups is 1. The second kappa shape index (κ2) is 6.49. The monoisotopic (exact) mass is 300 g/mol. The normalized spacial score (nSPS) is 10.6. The first-order valence-electron chi connectivity index (χ1n) is 6.17. The van der Waals surface area contributed by atoms with E-state index in [4.69, 9.17) is 14.9 Å². The number of hydrogen-bond acceptors (Lipinski definition) is 5. The summed E-state index contributed by atoms with van der Waals surface area (Å²) in [5.41, 5.74) is 0.940. The first-order chi connectivity index (χ1) is 10.5. The number of rotatable bonds is 5. The molecular weight excluding hydrogens is 288 g/mol. The summed E-state index contributed by atoms with van der Waals surface area (Å²) in [5.74, 6) is -1.92. The van der Waals surface area contributed by atoms with Gasteiger partial charge in [-0.1, -0.05) is 0 Å². The lowest BCUT2D eigenvalue weighted by molar-refractivity contribution is 0.0684. The van der Waals surface area contributed by atoms with Gasteiger partial charge in [0.25, 0.3) is 0 Å². The van der Waals surface area contributed by atoms with Gasteiger partial charge in [-0.15, -0.1) is 0 Å². The van der Waals surface area contributed by atoms with Crippen LogP contribution in [-0.2, 0) is 0 Å². The second-order valence-corrected chi connectivity index (χ2v) is 4.24. The number of carboxylic acid groups (broad SMARTS) is 2. The summed E-state index contributed by atoms with van der Waals surface area (Å²) in [6.07, 6.45) is 0. The molecule has 7 nitrogen and oxygen atoms in total. The van der Waals surface area contributed by atoms with Crippen LogP contribution in [0.5, 0.6) is 5.75 Å². The molecule has 0 spiro atoms. The largest absolute Gasteiger partial charge is 0.496 e. The molecule has 0 amide bonds. The van der Waals surface area contributed by atoms with Gasteiger partial charge in [-0.25, -0.2) is 9.59 Å². The fraction of sp³-hybridized carbons (Fsp3) is 0.0667. The van der Waals surface area contributed by atoms with Crippen molar-refractivity contribution in [3.05, 3.63) is 53.6 Å². The zero-order valence-corrected chi connectivity index (χ0v) is 11.6. The van der Waals surface area contributed by atoms with E-state index in [9.17, 15) is 9.59 Å². The van der Waals surface area contributed by atoms with Gasteiger partial charge in [0.1, 0.15) is 11.3 Å². The number of benzene rings is 2. The highest BCUT2D eigenvalue weighted by Crippen LogP contribution is 2.26. The Kier molecular flexibility index (Phi) is 4.47. The summed E-state index contributed by atoms with van der Waals surface area (Å²) >= 11 is 0. The molecule has 0 aliphatic rings. The van der Waals surface area contributed by atoms with Gasteiger partial charge in [-0.05, 0) is 42.5 Å². The van der Waals surface area contributed by atoms with Crippen molar-refractivity contribution in [1.82, 2.24) is 0 Å². The van der Waals surface area contributed by atoms with E-state index in [2.05, 4.69) is 10.2 Å². The molecule has 2 aromatic rings. The maximum Gasteiger partial charge on any atom is 0.339 e. The summed E-state index contributed by atoms with van der Waals surface area (Å²) in [4.78, 5) is 21.8. The molecule has 0 saturated heterocycles. The minimum Gasteiger partial charge on any atom is -0.496 e. The van der Waals surface area contributed by atoms with Crippen molar-refractivity contribution in [2.75, 3.05) is 7.11 Å². The van der Waals surface area contributed by atoms with Gasteiger partial charge in [0.05, 0.1) is 24.0 Å². The molecule has 0 aromatic heterocycles. The van der Waals surface area contributed by atoms with Crippen LogP contribution in [0.25, 0.3) is 0 Å². The van der Waals surface area contributed by atoms with Gasteiger partial charge >= 0.3 is 11.9 Å². The zero-order chi connectivity index (χ0) is 16.1. The smallest absolute Gasteiger partial charge is 0.339 e. The van der Waals surface area contributed by atoms with Gasteiger partial charge in [0.15, 0.2) is 0 Å². The van der Waals surface area contributed by atoms with Crippen LogP contribution in [0.15, 0.2) is 52.7 Å². The van der Waals surface area contributed by atoms with Crippen LogP contribution in [-0.4, -0.2) is 29.3 Å². The Hall–Kier alpha value is -3.22. The van der Waals surface area contributed by atoms with Crippen LogP contribution in [0.4, 0.5) is 11.4 Å². The maximum absolute atomic E-state index is 11.1. The SMILES string of the molecule is COc1ccc(N=Nc2ccc(C(=O)O)cc2)cc1C(=O)O. The van der Waals surface area contributed by atoms with Crippen molar-refractivity contribution in [2.24, 2.45) is 10.2 Å². The summed E-state index contributed by atoms with van der Waals surface area (Å²) < 4.78 is 4.95. The Morgan fingerprint density at radius 3 is 2.05 bits per heavy atom. The fourth-order valence-electron chi connectivity index (χ4n) is 1.71. The predicted octanol–water partition coefficient (Wildman–Crippen LogP) is 3.51. The first-order valence-corrected chi connectivity index (χ1v) is 6.17. The van der Waals surface area contributed by atoms with Crippen molar-refractivity contribution in [3.63, 3.8) is 0 Å². The number of ether oxygens (including phenoxy) is 1. The maximum atomic E-state index is 11.1. The lowest BCUT2D eigenvalue weighted by atomic mass is 10.2. The van der Waals surface area contributed by atoms with Crippen molar-refractivity contribution >= 4 is 23.3 Å². The Morgan fingerprint density at radius 2 is 1.50 bits per heavy atom. The molecule has 0 bridgehead atoms. The number of aromatic carboxylic acids is 2. The van der Waals surface area contributed by atoms with Crippen LogP contribution in [0.2, 0.25) is 0 Å². The molecule has 0 atom stereocenters. The van der Waals surface area contributed by atoms with Crippen molar-refractivity contribution < 1.29 is 24.5 Å². The predicted molar refractivity (Wildman–Crippen MR) is 77.5 cm³/mol. The highest BCUT2D eigenvalue weighted by atomic mass is 16.5. The molecule has 2 aromatic carbocycles. The molecule has 0 unspecified atom stereocenters. The van der Waals surface area contributed by atoms with E-state index in [0.29, 0.717) is 11.4 Å². The molecule has 22 heavy (non-hydrogen) atoms. The molecule has 2 rings (SSSR count). The van der Waals surface area contributed by atoms with Crippen LogP contribution in [0, 0.1) is 0 Å². The third-order valence-corrected chi connectivity index (χ3v) is 2.81. The topological polar surface area (TPSA) is 109 Å². The van der Waals surface area contributed by atoms with E-state index in [-0.39, 0.29) is 16.9 Å². The van der Waals surface area contributed by atoms with Gasteiger partial charge in [-0.2, -0.15) is 10.2 Å². The molecule has 7 heteroatoms. The third-order valence-electron chi connectivity index (χ3n) is 2.81. The molecule has 0 saturated carbocycles. The Labute approximate surface area is 125 Å². The molecular formula is C15H12N2O5. The van der Waals surface area contributed by atoms with E-state index < -0.39 is 11.9 Å². The van der Waals surface area contributed by atoms with Crippen LogP contribution in [0.3, 0.4) is 0 Å². The molecule has 0 radical (unpaired) electrons. The fourth-order valence-corrected chi connectivity index (χ4v) is 1.71. The van der Waals surface area contributed by atoms with Gasteiger partial charge in [0.2, 0.25) is 0 Å². The molecule has 0 aliphatic heterocycles. The highest BCUT2D eigenvalue weighted by molar-refractivity contribution is 5.92. The number of nitrogens with zero attached hydrogens (tertiary/aromatic N) is 2. The summed E-state index contributed by atoms with van der Waals surface area (Å²) in [7, 11) is 1.38. The van der Waals surface area contributed by atoms with Crippen molar-refractivity contribution in [1.29, 1.82) is 0 Å². The number of methoxy groups -OCH3 is 1. The van der Waals surface area contributed by atoms with Crippen molar-refractivity contribution in [2.45, 2.75) is 0 Å². The number of hydrogen-bond donors (Lipinski definition) is 2. The summed E-state index contributed by atoms with van der Waals surface area (Å²) in [6, 6.07) is 10.2. The lowest BCUT2D eigenvalue weighted by Gasteiger charge is -2.04. The van der Waals surface area contributed by atoms with E-state index in [1.54, 1.807) is 6.07 Å². The van der Waals surface area contributed by atoms with E-state index in [1.165, 1.54) is 43.5 Å². The molecule has 0 aliphatic carbocycles. The molecule has 112 valence electrons. The average Bonchev–Trinajstić information content (AvgIpc) is 2.53. The molecule has 2 N–H and O–H groups in total. The second-order valence-electron chi connectivity index (χ2n) is 4.24. The summed E-state index contributed by atoms with van der Waals surface area (Å²) in [5, 5.41) is 25.7. The Balaban J connectivity index is 2.24. The lowest BCUT2D eigenvalue weighted by Crippen LogP contribution is -1.99. The Bertz CT molecular complexity index is 738. The summed E-state index contributed by atoms with van der Waals surface area (Å²) in [6.45, 7) is 0. The van der Waals surface area contributed by atoms with Crippen LogP contribution >= 0.6 is 0 Å². The first kappa shape index (κ1) is 15.2. The van der Waals surface area contributed by atoms with Crippen LogP contribution in [0.1, 0.15) is 20.7 Å². The minimum absolute atomic E-state index is 0.0137. The van der Waals surface area contributed by atoms with Gasteiger partial charge in [-0.3, -0.25) is 0 Å². The van der Waals surface area contributed by atoms with E-state index in [0.717, 1.165) is 0 Å². The van der Waals surface area contributed by atoms with Crippen LogP contribution < -0.4 is 4.74 Å². The van der Waals surface area contributed by atoms with E-state index in [1.807, 2.05) is 0 Å². The quantitative estimate of drug-likeness (QED) is 0.821. The highest BCUT2D eigenvalue weighted by Gasteiger charge is 2.11. The average molecular weight is 300 g/mol.